The topological polar surface area (TPSA) is 136 Å². The summed E-state index contributed by atoms with van der Waals surface area (Å²) in [5, 5.41) is 28.4. The first-order valence-corrected chi connectivity index (χ1v) is 12.8. The van der Waals surface area contributed by atoms with Crippen molar-refractivity contribution in [1.82, 2.24) is 9.88 Å². The number of carbonyl (C=O) groups is 2. The Balaban J connectivity index is 1.94. The zero-order valence-corrected chi connectivity index (χ0v) is 21.9. The van der Waals surface area contributed by atoms with Gasteiger partial charge in [0.15, 0.2) is 5.57 Å². The molecule has 1 saturated carbocycles. The van der Waals surface area contributed by atoms with Crippen molar-refractivity contribution < 1.29 is 14.7 Å². The van der Waals surface area contributed by atoms with Gasteiger partial charge in [-0.3, -0.25) is 19.0 Å². The number of nitriles is 1. The molecule has 0 atom stereocenters. The molecule has 0 radical (unpaired) electrons. The van der Waals surface area contributed by atoms with E-state index in [0.29, 0.717) is 28.7 Å². The summed E-state index contributed by atoms with van der Waals surface area (Å²) < 4.78 is 2.00. The minimum Gasteiger partial charge on any atom is -0.394 e. The molecule has 10 heteroatoms. The number of aliphatic hydroxyl groups excluding tert-OH is 1. The minimum atomic E-state index is -0.724. The molecule has 0 saturated heterocycles. The zero-order chi connectivity index (χ0) is 26.5. The van der Waals surface area contributed by atoms with E-state index in [-0.39, 0.29) is 34.9 Å². The molecule has 2 amide bonds. The van der Waals surface area contributed by atoms with Crippen LogP contribution in [0.15, 0.2) is 29.1 Å². The fraction of sp³-hybridized carbons (Fsp3) is 0.462. The number of benzene rings is 1. The highest BCUT2D eigenvalue weighted by atomic mass is 32.1. The van der Waals surface area contributed by atoms with E-state index in [9.17, 15) is 24.8 Å². The van der Waals surface area contributed by atoms with E-state index in [1.807, 2.05) is 26.8 Å². The summed E-state index contributed by atoms with van der Waals surface area (Å²) in [6, 6.07) is 9.07. The molecule has 1 heterocycles. The van der Waals surface area contributed by atoms with Crippen molar-refractivity contribution in [1.29, 1.82) is 5.26 Å². The van der Waals surface area contributed by atoms with E-state index < -0.39 is 16.9 Å². The fourth-order valence-corrected chi connectivity index (χ4v) is 5.11. The number of aromatic nitrogens is 1. The molecule has 4 N–H and O–H groups in total. The molecule has 0 unspecified atom stereocenters. The lowest BCUT2D eigenvalue weighted by molar-refractivity contribution is -0.123. The van der Waals surface area contributed by atoms with Gasteiger partial charge in [-0.1, -0.05) is 39.7 Å². The number of hydrogen-bond acceptors (Lipinski definition) is 7. The Hall–Kier alpha value is -3.42. The van der Waals surface area contributed by atoms with E-state index in [1.54, 1.807) is 31.2 Å². The van der Waals surface area contributed by atoms with Gasteiger partial charge in [-0.2, -0.15) is 5.26 Å². The van der Waals surface area contributed by atoms with Gasteiger partial charge in [0, 0.05) is 29.5 Å². The van der Waals surface area contributed by atoms with Gasteiger partial charge in [0.25, 0.3) is 11.5 Å². The summed E-state index contributed by atoms with van der Waals surface area (Å²) in [5.41, 5.74) is -0.451. The number of carbonyl (C=O) groups excluding carboxylic acids is 2. The third-order valence-electron chi connectivity index (χ3n) is 6.19. The maximum atomic E-state index is 13.0. The summed E-state index contributed by atoms with van der Waals surface area (Å²) in [6.07, 6.45) is 4.63. The molecular formula is C26H33N5O4S. The van der Waals surface area contributed by atoms with Crippen molar-refractivity contribution in [3.05, 3.63) is 43.8 Å². The van der Waals surface area contributed by atoms with Gasteiger partial charge < -0.3 is 21.1 Å². The number of nitrogens with zero attached hydrogens (tertiary/aromatic N) is 2. The third kappa shape index (κ3) is 6.04. The van der Waals surface area contributed by atoms with Crippen LogP contribution in [0, 0.1) is 16.7 Å². The lowest BCUT2D eigenvalue weighted by Gasteiger charge is -2.27. The van der Waals surface area contributed by atoms with Crippen LogP contribution in [0.1, 0.15) is 53.4 Å². The van der Waals surface area contributed by atoms with E-state index in [4.69, 9.17) is 0 Å². The van der Waals surface area contributed by atoms with Crippen LogP contribution in [-0.4, -0.2) is 33.6 Å². The Morgan fingerprint density at radius 3 is 2.50 bits per heavy atom. The molecule has 9 nitrogen and oxygen atoms in total. The summed E-state index contributed by atoms with van der Waals surface area (Å²) >= 11 is 1.05. The Kier molecular flexibility index (Phi) is 8.38. The van der Waals surface area contributed by atoms with Gasteiger partial charge >= 0.3 is 0 Å². The van der Waals surface area contributed by atoms with Crippen molar-refractivity contribution in [2.24, 2.45) is 5.41 Å². The average Bonchev–Trinajstić information content (AvgIpc) is 3.42. The third-order valence-corrected chi connectivity index (χ3v) is 7.32. The summed E-state index contributed by atoms with van der Waals surface area (Å²) in [5.74, 6) is -0.700. The first-order chi connectivity index (χ1) is 17.0. The Labute approximate surface area is 214 Å². The Morgan fingerprint density at radius 1 is 1.25 bits per heavy atom. The number of rotatable bonds is 7. The van der Waals surface area contributed by atoms with Gasteiger partial charge in [-0.05, 0) is 38.0 Å². The van der Waals surface area contributed by atoms with Crippen LogP contribution in [0.3, 0.4) is 0 Å². The number of aliphatic hydroxyl groups is 1. The van der Waals surface area contributed by atoms with Crippen LogP contribution in [0.25, 0.3) is 11.8 Å². The first-order valence-electron chi connectivity index (χ1n) is 12.0. The second-order valence-electron chi connectivity index (χ2n) is 9.98. The van der Waals surface area contributed by atoms with Gasteiger partial charge in [-0.25, -0.2) is 0 Å². The van der Waals surface area contributed by atoms with E-state index >= 15 is 0 Å². The van der Waals surface area contributed by atoms with Crippen molar-refractivity contribution in [2.75, 3.05) is 17.2 Å². The van der Waals surface area contributed by atoms with Crippen LogP contribution in [0.5, 0.6) is 0 Å². The molecule has 1 aliphatic rings. The predicted octanol–water partition coefficient (Wildman–Crippen LogP) is 1.86. The van der Waals surface area contributed by atoms with E-state index in [0.717, 1.165) is 24.2 Å². The molecule has 1 aliphatic carbocycles. The van der Waals surface area contributed by atoms with Crippen molar-refractivity contribution in [2.45, 2.75) is 65.5 Å². The lowest BCUT2D eigenvalue weighted by atomic mass is 9.95. The molecule has 0 bridgehead atoms. The van der Waals surface area contributed by atoms with E-state index in [1.165, 1.54) is 10.8 Å². The zero-order valence-electron chi connectivity index (χ0n) is 21.1. The lowest BCUT2D eigenvalue weighted by Crippen LogP contribution is -2.50. The van der Waals surface area contributed by atoms with Crippen molar-refractivity contribution in [3.63, 3.8) is 0 Å². The van der Waals surface area contributed by atoms with Crippen molar-refractivity contribution in [3.8, 4) is 6.07 Å². The van der Waals surface area contributed by atoms with Crippen LogP contribution >= 0.6 is 11.3 Å². The molecule has 1 aromatic heterocycles. The normalized spacial score (nSPS) is 16.3. The first kappa shape index (κ1) is 27.2. The highest BCUT2D eigenvalue weighted by molar-refractivity contribution is 7.07. The average molecular weight is 512 g/mol. The fourth-order valence-electron chi connectivity index (χ4n) is 4.02. The highest BCUT2D eigenvalue weighted by Gasteiger charge is 2.35. The standard InChI is InChI=1S/C26H33N5O4S/c1-5-31-22(34)20(15-28-17-9-8-10-18(13-17)29-24(35)25(2,3)4)36-23(31)19(14-27)21(33)30-26(16-32)11-6-7-12-26/h8-10,13,15,28,32H,5-7,11-12,16H2,1-4H3,(H,29,35)(H,30,33). The Morgan fingerprint density at radius 2 is 1.92 bits per heavy atom. The van der Waals surface area contributed by atoms with Crippen molar-refractivity contribution >= 4 is 46.3 Å². The molecule has 0 aliphatic heterocycles. The summed E-state index contributed by atoms with van der Waals surface area (Å²) in [6.45, 7) is 7.35. The quantitative estimate of drug-likeness (QED) is 0.448. The molecule has 1 fully saturated rings. The van der Waals surface area contributed by atoms with Crippen LogP contribution < -0.4 is 30.7 Å². The van der Waals surface area contributed by atoms with Gasteiger partial charge in [0.05, 0.1) is 12.1 Å². The maximum absolute atomic E-state index is 13.0. The number of nitrogens with one attached hydrogen (secondary N) is 3. The number of amides is 2. The maximum Gasteiger partial charge on any atom is 0.270 e. The minimum absolute atomic E-state index is 0.115. The van der Waals surface area contributed by atoms with E-state index in [2.05, 4.69) is 16.0 Å². The summed E-state index contributed by atoms with van der Waals surface area (Å²) in [4.78, 5) is 38.3. The highest BCUT2D eigenvalue weighted by Crippen LogP contribution is 2.29. The number of hydrogen-bond donors (Lipinski definition) is 4. The smallest absolute Gasteiger partial charge is 0.270 e. The van der Waals surface area contributed by atoms with Gasteiger partial charge in [-0.15, -0.1) is 11.3 Å². The molecule has 36 heavy (non-hydrogen) atoms. The second-order valence-corrected chi connectivity index (χ2v) is 11.0. The number of anilines is 2. The second kappa shape index (κ2) is 11.1. The van der Waals surface area contributed by atoms with Gasteiger partial charge in [0.2, 0.25) is 5.91 Å². The van der Waals surface area contributed by atoms with Gasteiger partial charge in [0.1, 0.15) is 15.3 Å². The molecular weight excluding hydrogens is 478 g/mol. The molecule has 2 aromatic rings. The summed E-state index contributed by atoms with van der Waals surface area (Å²) in [7, 11) is 0. The molecule has 192 valence electrons. The monoisotopic (exact) mass is 511 g/mol. The molecule has 1 aromatic carbocycles. The van der Waals surface area contributed by atoms with Crippen LogP contribution in [-0.2, 0) is 16.1 Å². The Bertz CT molecular complexity index is 1350. The van der Waals surface area contributed by atoms with Crippen LogP contribution in [0.2, 0.25) is 0 Å². The molecule has 0 spiro atoms. The van der Waals surface area contributed by atoms with Crippen LogP contribution in [0.4, 0.5) is 11.4 Å². The molecule has 3 rings (SSSR count). The largest absolute Gasteiger partial charge is 0.394 e. The predicted molar refractivity (Wildman–Crippen MR) is 142 cm³/mol. The number of thiazole rings is 1. The SMILES string of the molecule is CCn1c(=C(C#N)C(=O)NC2(CO)CCCC2)sc(=CNc2cccc(NC(=O)C(C)(C)C)c2)c1=O.